The van der Waals surface area contributed by atoms with Gasteiger partial charge in [-0.1, -0.05) is 42.5 Å². The molecule has 0 amide bonds. The maximum Gasteiger partial charge on any atom is 0.426 e. The van der Waals surface area contributed by atoms with Gasteiger partial charge in [-0.25, -0.2) is 0 Å². The van der Waals surface area contributed by atoms with Crippen LogP contribution in [0, 0.1) is 13.8 Å². The Kier molecular flexibility index (Phi) is 7.94. The smallest absolute Gasteiger partial charge is 0.426 e. The Bertz CT molecular complexity index is 1080. The van der Waals surface area contributed by atoms with Crippen molar-refractivity contribution in [1.29, 1.82) is 0 Å². The number of Topliss-reactive ketones (excluding diaryl/α,β-unsaturated/α-hetero) is 1. The fourth-order valence-corrected chi connectivity index (χ4v) is 4.61. The quantitative estimate of drug-likeness (QED) is 0.393. The first kappa shape index (κ1) is 25.0. The lowest BCUT2D eigenvalue weighted by molar-refractivity contribution is -0.133. The van der Waals surface area contributed by atoms with Gasteiger partial charge in [-0.2, -0.15) is 13.2 Å². The van der Waals surface area contributed by atoms with E-state index in [4.69, 9.17) is 9.84 Å². The molecule has 1 atom stereocenters. The van der Waals surface area contributed by atoms with Crippen LogP contribution in [0.5, 0.6) is 5.75 Å². The van der Waals surface area contributed by atoms with Crippen LogP contribution < -0.4 is 4.74 Å². The fraction of sp³-hybridized carbons (Fsp3) is 0.320. The van der Waals surface area contributed by atoms with Gasteiger partial charge in [-0.3, -0.25) is 4.79 Å². The lowest BCUT2D eigenvalue weighted by Crippen LogP contribution is -2.21. The van der Waals surface area contributed by atoms with Gasteiger partial charge in [0.25, 0.3) is 0 Å². The molecule has 0 bridgehead atoms. The van der Waals surface area contributed by atoms with Crippen LogP contribution in [0.4, 0.5) is 13.2 Å². The summed E-state index contributed by atoms with van der Waals surface area (Å²) >= 11 is 0.486. The van der Waals surface area contributed by atoms with Crippen LogP contribution in [0.25, 0.3) is 11.1 Å². The molecule has 3 aromatic rings. The number of rotatable bonds is 9. The summed E-state index contributed by atoms with van der Waals surface area (Å²) in [5.41, 5.74) is 2.93. The van der Waals surface area contributed by atoms with E-state index in [1.165, 1.54) is 6.07 Å². The average Bonchev–Trinajstić information content (AvgIpc) is 3.23. The molecule has 176 valence electrons. The number of carbonyl (C=O) groups is 1. The number of aliphatic hydroxyl groups is 2. The van der Waals surface area contributed by atoms with Gasteiger partial charge < -0.3 is 14.9 Å². The largest absolute Gasteiger partial charge is 0.490 e. The summed E-state index contributed by atoms with van der Waals surface area (Å²) in [6.07, 6.45) is -5.06. The van der Waals surface area contributed by atoms with Gasteiger partial charge >= 0.3 is 6.18 Å². The van der Waals surface area contributed by atoms with Crippen molar-refractivity contribution in [3.63, 3.8) is 0 Å². The highest BCUT2D eigenvalue weighted by atomic mass is 32.1. The minimum absolute atomic E-state index is 0.0229. The summed E-state index contributed by atoms with van der Waals surface area (Å²) < 4.78 is 46.3. The maximum atomic E-state index is 13.6. The molecule has 2 aromatic carbocycles. The Morgan fingerprint density at radius 1 is 1.09 bits per heavy atom. The topological polar surface area (TPSA) is 66.8 Å². The molecular weight excluding hydrogens is 453 g/mol. The Balaban J connectivity index is 1.75. The zero-order valence-electron chi connectivity index (χ0n) is 18.3. The van der Waals surface area contributed by atoms with Gasteiger partial charge in [0.15, 0.2) is 5.78 Å². The third-order valence-corrected chi connectivity index (χ3v) is 6.36. The van der Waals surface area contributed by atoms with E-state index in [9.17, 15) is 23.1 Å². The molecule has 0 aliphatic rings. The molecule has 0 radical (unpaired) electrons. The molecule has 0 fully saturated rings. The van der Waals surface area contributed by atoms with E-state index in [1.54, 1.807) is 30.3 Å². The summed E-state index contributed by atoms with van der Waals surface area (Å²) in [7, 11) is 0. The van der Waals surface area contributed by atoms with Crippen LogP contribution in [-0.2, 0) is 12.6 Å². The van der Waals surface area contributed by atoms with E-state index >= 15 is 0 Å². The molecule has 0 aliphatic heterocycles. The number of hydrogen-bond acceptors (Lipinski definition) is 5. The molecule has 0 saturated heterocycles. The Morgan fingerprint density at radius 3 is 2.30 bits per heavy atom. The summed E-state index contributed by atoms with van der Waals surface area (Å²) in [4.78, 5) is 12.1. The molecule has 1 aromatic heterocycles. The van der Waals surface area contributed by atoms with Crippen molar-refractivity contribution in [3.8, 4) is 16.9 Å². The van der Waals surface area contributed by atoms with Gasteiger partial charge in [0.05, 0.1) is 11.5 Å². The van der Waals surface area contributed by atoms with Crippen molar-refractivity contribution in [3.05, 3.63) is 75.0 Å². The van der Waals surface area contributed by atoms with Crippen molar-refractivity contribution in [2.45, 2.75) is 39.0 Å². The number of ketones is 1. The Hall–Kier alpha value is -2.68. The molecule has 3 rings (SSSR count). The number of thiophene rings is 1. The van der Waals surface area contributed by atoms with Gasteiger partial charge in [0, 0.05) is 12.0 Å². The van der Waals surface area contributed by atoms with E-state index < -0.39 is 23.8 Å². The number of alkyl halides is 3. The third kappa shape index (κ3) is 6.22. The average molecular weight is 479 g/mol. The number of halogens is 3. The normalized spacial score (nSPS) is 12.6. The third-order valence-electron chi connectivity index (χ3n) is 5.14. The van der Waals surface area contributed by atoms with Crippen molar-refractivity contribution in [2.75, 3.05) is 13.2 Å². The van der Waals surface area contributed by atoms with Crippen LogP contribution >= 0.6 is 11.3 Å². The number of hydrogen-bond donors (Lipinski definition) is 2. The second-order valence-electron chi connectivity index (χ2n) is 7.85. The highest BCUT2D eigenvalue weighted by Crippen LogP contribution is 2.43. The molecule has 0 aliphatic carbocycles. The molecule has 4 nitrogen and oxygen atoms in total. The van der Waals surface area contributed by atoms with E-state index in [0.29, 0.717) is 29.1 Å². The molecule has 8 heteroatoms. The molecule has 0 spiro atoms. The predicted molar refractivity (Wildman–Crippen MR) is 122 cm³/mol. The number of carbonyl (C=O) groups excluding carboxylic acids is 1. The number of aryl methyl sites for hydroxylation is 3. The molecule has 0 unspecified atom stereocenters. The van der Waals surface area contributed by atoms with E-state index in [2.05, 4.69) is 0 Å². The number of ether oxygens (including phenoxy) is 1. The van der Waals surface area contributed by atoms with Crippen molar-refractivity contribution >= 4 is 17.1 Å². The summed E-state index contributed by atoms with van der Waals surface area (Å²) in [5.74, 6) is 0.257. The first-order valence-corrected chi connectivity index (χ1v) is 11.2. The molecule has 0 saturated carbocycles. The van der Waals surface area contributed by atoms with Gasteiger partial charge in [0.2, 0.25) is 0 Å². The van der Waals surface area contributed by atoms with Crippen LogP contribution in [0.2, 0.25) is 0 Å². The second-order valence-corrected chi connectivity index (χ2v) is 8.90. The molecule has 2 N–H and O–H groups in total. The first-order valence-electron chi connectivity index (χ1n) is 10.4. The molecule has 33 heavy (non-hydrogen) atoms. The highest BCUT2D eigenvalue weighted by molar-refractivity contribution is 7.14. The number of benzene rings is 2. The SMILES string of the molecule is Cc1cc(CCC(=O)c2cc(-c3ccccc3)c(C(F)(F)F)s2)cc(C)c1OC[C@H](O)CO. The monoisotopic (exact) mass is 478 g/mol. The lowest BCUT2D eigenvalue weighted by atomic mass is 10.00. The fourth-order valence-electron chi connectivity index (χ4n) is 3.60. The minimum atomic E-state index is -4.54. The highest BCUT2D eigenvalue weighted by Gasteiger charge is 2.37. The minimum Gasteiger partial charge on any atom is -0.490 e. The Labute approximate surface area is 194 Å². The maximum absolute atomic E-state index is 13.6. The summed E-state index contributed by atoms with van der Waals surface area (Å²) in [6, 6.07) is 13.3. The zero-order valence-corrected chi connectivity index (χ0v) is 19.1. The van der Waals surface area contributed by atoms with E-state index in [1.807, 2.05) is 26.0 Å². The van der Waals surface area contributed by atoms with Crippen molar-refractivity contribution in [2.24, 2.45) is 0 Å². The first-order chi connectivity index (χ1) is 15.6. The van der Waals surface area contributed by atoms with Crippen molar-refractivity contribution in [1.82, 2.24) is 0 Å². The van der Waals surface area contributed by atoms with Crippen LogP contribution in [0.15, 0.2) is 48.5 Å². The van der Waals surface area contributed by atoms with E-state index in [0.717, 1.165) is 16.7 Å². The van der Waals surface area contributed by atoms with E-state index in [-0.39, 0.29) is 29.3 Å². The number of aliphatic hydroxyl groups excluding tert-OH is 2. The van der Waals surface area contributed by atoms with Crippen LogP contribution in [0.3, 0.4) is 0 Å². The van der Waals surface area contributed by atoms with Crippen molar-refractivity contribution < 1.29 is 32.9 Å². The molecule has 1 heterocycles. The molecular formula is C25H25F3O4S. The predicted octanol–water partition coefficient (Wildman–Crippen LogP) is 5.60. The standard InChI is InChI=1S/C25H25F3O4S/c1-15-10-17(11-16(2)23(15)32-14-19(30)13-29)8-9-21(31)22-12-20(18-6-4-3-5-7-18)24(33-22)25(26,27)28/h3-7,10-12,19,29-30H,8-9,13-14H2,1-2H3/t19-/m1/s1. The second kappa shape index (κ2) is 10.5. The summed E-state index contributed by atoms with van der Waals surface area (Å²) in [6.45, 7) is 3.22. The zero-order chi connectivity index (χ0) is 24.2. The van der Waals surface area contributed by atoms with Gasteiger partial charge in [0.1, 0.15) is 23.3 Å². The van der Waals surface area contributed by atoms with Crippen LogP contribution in [0.1, 0.15) is 37.7 Å². The summed E-state index contributed by atoms with van der Waals surface area (Å²) in [5, 5.41) is 18.4. The Morgan fingerprint density at radius 2 is 1.73 bits per heavy atom. The van der Waals surface area contributed by atoms with Crippen LogP contribution in [-0.4, -0.2) is 35.3 Å². The lowest BCUT2D eigenvalue weighted by Gasteiger charge is -2.15. The van der Waals surface area contributed by atoms with Gasteiger partial charge in [-0.15, -0.1) is 11.3 Å². The van der Waals surface area contributed by atoms with Gasteiger partial charge in [-0.05, 0) is 48.6 Å².